The van der Waals surface area contributed by atoms with Gasteiger partial charge in [-0.05, 0) is 24.1 Å². The third-order valence-electron chi connectivity index (χ3n) is 3.80. The summed E-state index contributed by atoms with van der Waals surface area (Å²) in [5.41, 5.74) is 1.58. The highest BCUT2D eigenvalue weighted by Gasteiger charge is 2.27. The van der Waals surface area contributed by atoms with E-state index < -0.39 is 0 Å². The molecule has 128 valence electrons. The number of amides is 1. The SMILES string of the molecule is COCC#CCN1CCC(=O)N1CCc1ccc(C(=O)OC)cc1. The monoisotopic (exact) mass is 330 g/mol. The highest BCUT2D eigenvalue weighted by Crippen LogP contribution is 2.13. The number of methoxy groups -OCH3 is 2. The molecule has 1 amide bonds. The molecule has 1 aliphatic rings. The number of esters is 1. The minimum Gasteiger partial charge on any atom is -0.465 e. The topological polar surface area (TPSA) is 59.1 Å². The molecule has 0 radical (unpaired) electrons. The summed E-state index contributed by atoms with van der Waals surface area (Å²) in [7, 11) is 2.96. The van der Waals surface area contributed by atoms with E-state index in [4.69, 9.17) is 4.74 Å². The van der Waals surface area contributed by atoms with Gasteiger partial charge in [-0.2, -0.15) is 0 Å². The van der Waals surface area contributed by atoms with E-state index in [0.29, 0.717) is 38.2 Å². The van der Waals surface area contributed by atoms with E-state index in [0.717, 1.165) is 12.0 Å². The Labute approximate surface area is 142 Å². The maximum atomic E-state index is 12.0. The minimum atomic E-state index is -0.350. The fraction of sp³-hybridized carbons (Fsp3) is 0.444. The van der Waals surface area contributed by atoms with Gasteiger partial charge in [-0.15, -0.1) is 0 Å². The number of hydrazine groups is 1. The molecule has 0 bridgehead atoms. The van der Waals surface area contributed by atoms with Gasteiger partial charge in [0.05, 0.1) is 19.2 Å². The highest BCUT2D eigenvalue weighted by molar-refractivity contribution is 5.89. The molecular weight excluding hydrogens is 308 g/mol. The lowest BCUT2D eigenvalue weighted by Crippen LogP contribution is -2.40. The number of rotatable bonds is 6. The van der Waals surface area contributed by atoms with Gasteiger partial charge in [0.15, 0.2) is 0 Å². The van der Waals surface area contributed by atoms with E-state index in [2.05, 4.69) is 16.6 Å². The third-order valence-corrected chi connectivity index (χ3v) is 3.80. The van der Waals surface area contributed by atoms with Crippen molar-refractivity contribution in [2.45, 2.75) is 12.8 Å². The molecule has 24 heavy (non-hydrogen) atoms. The Morgan fingerprint density at radius 2 is 1.96 bits per heavy atom. The predicted molar refractivity (Wildman–Crippen MR) is 89.0 cm³/mol. The van der Waals surface area contributed by atoms with E-state index in [1.807, 2.05) is 17.1 Å². The van der Waals surface area contributed by atoms with Crippen molar-refractivity contribution in [3.8, 4) is 11.8 Å². The van der Waals surface area contributed by atoms with E-state index in [1.165, 1.54) is 7.11 Å². The molecule has 1 aliphatic heterocycles. The molecule has 1 heterocycles. The summed E-state index contributed by atoms with van der Waals surface area (Å²) < 4.78 is 9.57. The molecule has 1 saturated heterocycles. The van der Waals surface area contributed by atoms with Gasteiger partial charge in [-0.1, -0.05) is 24.0 Å². The number of benzene rings is 1. The van der Waals surface area contributed by atoms with Crippen molar-refractivity contribution >= 4 is 11.9 Å². The Morgan fingerprint density at radius 1 is 1.21 bits per heavy atom. The summed E-state index contributed by atoms with van der Waals surface area (Å²) in [5, 5.41) is 3.73. The second-order valence-corrected chi connectivity index (χ2v) is 5.38. The Kier molecular flexibility index (Phi) is 6.79. The summed E-state index contributed by atoms with van der Waals surface area (Å²) in [6.45, 7) is 2.22. The van der Waals surface area contributed by atoms with Gasteiger partial charge < -0.3 is 9.47 Å². The van der Waals surface area contributed by atoms with Gasteiger partial charge in [0.25, 0.3) is 0 Å². The second kappa shape index (κ2) is 9.06. The van der Waals surface area contributed by atoms with Gasteiger partial charge >= 0.3 is 5.97 Å². The molecule has 0 unspecified atom stereocenters. The van der Waals surface area contributed by atoms with Crippen LogP contribution in [0, 0.1) is 11.8 Å². The van der Waals surface area contributed by atoms with E-state index >= 15 is 0 Å². The van der Waals surface area contributed by atoms with Gasteiger partial charge in [0.2, 0.25) is 5.91 Å². The number of ether oxygens (including phenoxy) is 2. The molecule has 0 spiro atoms. The molecule has 6 heteroatoms. The van der Waals surface area contributed by atoms with Crippen molar-refractivity contribution in [1.29, 1.82) is 0 Å². The number of hydrogen-bond donors (Lipinski definition) is 0. The van der Waals surface area contributed by atoms with E-state index in [1.54, 1.807) is 24.3 Å². The Balaban J connectivity index is 1.90. The van der Waals surface area contributed by atoms with Crippen LogP contribution in [0.3, 0.4) is 0 Å². The van der Waals surface area contributed by atoms with Crippen LogP contribution in [-0.2, 0) is 20.7 Å². The van der Waals surface area contributed by atoms with E-state index in [-0.39, 0.29) is 11.9 Å². The standard InChI is InChI=1S/C18H22N2O4/c1-23-14-4-3-11-19-12-10-17(21)20(19)13-9-15-5-7-16(8-6-15)18(22)24-2/h5-8H,9-14H2,1-2H3. The maximum absolute atomic E-state index is 12.0. The molecule has 0 N–H and O–H groups in total. The molecule has 6 nitrogen and oxygen atoms in total. The largest absolute Gasteiger partial charge is 0.465 e. The average Bonchev–Trinajstić information content (AvgIpc) is 2.96. The van der Waals surface area contributed by atoms with Crippen LogP contribution in [-0.4, -0.2) is 62.4 Å². The lowest BCUT2D eigenvalue weighted by molar-refractivity contribution is -0.137. The van der Waals surface area contributed by atoms with Crippen LogP contribution < -0.4 is 0 Å². The number of carbonyl (C=O) groups excluding carboxylic acids is 2. The van der Waals surface area contributed by atoms with Crippen LogP contribution >= 0.6 is 0 Å². The highest BCUT2D eigenvalue weighted by atomic mass is 16.5. The fourth-order valence-corrected chi connectivity index (χ4v) is 2.49. The van der Waals surface area contributed by atoms with Gasteiger partial charge in [0.1, 0.15) is 6.61 Å². The third kappa shape index (κ3) is 4.82. The van der Waals surface area contributed by atoms with E-state index in [9.17, 15) is 9.59 Å². The van der Waals surface area contributed by atoms with Crippen molar-refractivity contribution in [2.75, 3.05) is 40.5 Å². The first-order valence-electron chi connectivity index (χ1n) is 7.83. The van der Waals surface area contributed by atoms with Crippen LogP contribution in [0.1, 0.15) is 22.3 Å². The summed E-state index contributed by atoms with van der Waals surface area (Å²) in [6, 6.07) is 7.24. The summed E-state index contributed by atoms with van der Waals surface area (Å²) >= 11 is 0. The summed E-state index contributed by atoms with van der Waals surface area (Å²) in [6.07, 6.45) is 1.24. The molecule has 2 rings (SSSR count). The van der Waals surface area contributed by atoms with Crippen molar-refractivity contribution in [3.05, 3.63) is 35.4 Å². The first kappa shape index (κ1) is 18.0. The first-order valence-corrected chi connectivity index (χ1v) is 7.83. The molecule has 0 aromatic heterocycles. The average molecular weight is 330 g/mol. The van der Waals surface area contributed by atoms with Crippen molar-refractivity contribution in [1.82, 2.24) is 10.0 Å². The molecule has 0 aliphatic carbocycles. The number of nitrogens with zero attached hydrogens (tertiary/aromatic N) is 2. The Hall–Kier alpha value is -2.36. The molecule has 1 aromatic carbocycles. The predicted octanol–water partition coefficient (Wildman–Crippen LogP) is 1.11. The fourth-order valence-electron chi connectivity index (χ4n) is 2.49. The Bertz CT molecular complexity index is 631. The smallest absolute Gasteiger partial charge is 0.337 e. The quantitative estimate of drug-likeness (QED) is 0.578. The Morgan fingerprint density at radius 3 is 2.62 bits per heavy atom. The molecule has 1 fully saturated rings. The van der Waals surface area contributed by atoms with Crippen molar-refractivity contribution in [3.63, 3.8) is 0 Å². The van der Waals surface area contributed by atoms with Gasteiger partial charge in [0, 0.05) is 26.6 Å². The summed E-state index contributed by atoms with van der Waals surface area (Å²) in [4.78, 5) is 23.4. The van der Waals surface area contributed by atoms with Crippen LogP contribution in [0.4, 0.5) is 0 Å². The molecular formula is C18H22N2O4. The van der Waals surface area contributed by atoms with Crippen LogP contribution in [0.5, 0.6) is 0 Å². The van der Waals surface area contributed by atoms with Crippen LogP contribution in [0.2, 0.25) is 0 Å². The van der Waals surface area contributed by atoms with Crippen molar-refractivity contribution in [2.24, 2.45) is 0 Å². The van der Waals surface area contributed by atoms with Crippen LogP contribution in [0.15, 0.2) is 24.3 Å². The molecule has 0 atom stereocenters. The maximum Gasteiger partial charge on any atom is 0.337 e. The van der Waals surface area contributed by atoms with Gasteiger partial charge in [-0.3, -0.25) is 9.80 Å². The normalized spacial score (nSPS) is 14.4. The van der Waals surface area contributed by atoms with Gasteiger partial charge in [-0.25, -0.2) is 9.80 Å². The second-order valence-electron chi connectivity index (χ2n) is 5.38. The molecule has 0 saturated carbocycles. The molecule has 1 aromatic rings. The zero-order chi connectivity index (χ0) is 17.4. The lowest BCUT2D eigenvalue weighted by atomic mass is 10.1. The number of hydrogen-bond acceptors (Lipinski definition) is 5. The number of carbonyl (C=O) groups is 2. The van der Waals surface area contributed by atoms with Crippen molar-refractivity contribution < 1.29 is 19.1 Å². The first-order chi connectivity index (χ1) is 11.7. The zero-order valence-corrected chi connectivity index (χ0v) is 14.1. The lowest BCUT2D eigenvalue weighted by Gasteiger charge is -2.26. The zero-order valence-electron chi connectivity index (χ0n) is 14.1. The minimum absolute atomic E-state index is 0.120. The van der Waals surface area contributed by atoms with Crippen LogP contribution in [0.25, 0.3) is 0 Å². The summed E-state index contributed by atoms with van der Waals surface area (Å²) in [5.74, 6) is 5.68.